The molecule has 2 saturated carbocycles. The number of aromatic nitrogens is 3. The number of hydrogen-bond acceptors (Lipinski definition) is 5. The zero-order chi connectivity index (χ0) is 23.9. The lowest BCUT2D eigenvalue weighted by Gasteiger charge is -2.08. The average molecular weight is 488 g/mol. The first kappa shape index (κ1) is 22.1. The first-order valence-corrected chi connectivity index (χ1v) is 12.3. The van der Waals surface area contributed by atoms with Crippen LogP contribution in [0.4, 0.5) is 11.5 Å². The third-order valence-corrected chi connectivity index (χ3v) is 7.21. The molecule has 2 fully saturated rings. The minimum atomic E-state index is -0.310. The fourth-order valence-electron chi connectivity index (χ4n) is 4.94. The molecular formula is C27H26ClN5O2. The van der Waals surface area contributed by atoms with Gasteiger partial charge in [-0.2, -0.15) is 0 Å². The number of imidazole rings is 1. The monoisotopic (exact) mass is 487 g/mol. The Morgan fingerprint density at radius 1 is 1.11 bits per heavy atom. The van der Waals surface area contributed by atoms with Crippen molar-refractivity contribution >= 4 is 34.7 Å². The Labute approximate surface area is 208 Å². The van der Waals surface area contributed by atoms with Gasteiger partial charge in [0.15, 0.2) is 0 Å². The van der Waals surface area contributed by atoms with Crippen LogP contribution >= 0.6 is 11.6 Å². The first-order chi connectivity index (χ1) is 17.1. The molecule has 1 amide bonds. The lowest BCUT2D eigenvalue weighted by molar-refractivity contribution is -0.117. The van der Waals surface area contributed by atoms with Crippen molar-refractivity contribution in [2.24, 2.45) is 11.8 Å². The van der Waals surface area contributed by atoms with Gasteiger partial charge >= 0.3 is 0 Å². The van der Waals surface area contributed by atoms with Gasteiger partial charge in [-0.15, -0.1) is 0 Å². The van der Waals surface area contributed by atoms with Gasteiger partial charge in [0.1, 0.15) is 11.5 Å². The second-order valence-electron chi connectivity index (χ2n) is 9.46. The van der Waals surface area contributed by atoms with Crippen molar-refractivity contribution in [2.45, 2.75) is 31.2 Å². The number of rotatable bonds is 8. The van der Waals surface area contributed by atoms with E-state index in [1.54, 1.807) is 12.3 Å². The zero-order valence-electron chi connectivity index (χ0n) is 19.1. The quantitative estimate of drug-likeness (QED) is 0.331. The van der Waals surface area contributed by atoms with Crippen LogP contribution in [-0.2, 0) is 11.3 Å². The van der Waals surface area contributed by atoms with Crippen LogP contribution in [0.2, 0.25) is 5.02 Å². The van der Waals surface area contributed by atoms with Crippen LogP contribution < -0.4 is 10.6 Å². The van der Waals surface area contributed by atoms with Crippen LogP contribution in [0, 0.1) is 11.8 Å². The molecule has 0 aliphatic heterocycles. The maximum atomic E-state index is 13.0. The maximum absolute atomic E-state index is 13.0. The summed E-state index contributed by atoms with van der Waals surface area (Å²) >= 11 is 6.12. The standard InChI is InChI=1S/C27H26ClN5O2/c28-19-3-1-2-17(10-19)25-22(15-34)26(25)27(35)32-23-11-20(8-9-29-23)30-12-21-14-33-13-18(16-4-5-16)6-7-24(33)31-21/h1-3,6-11,13-14,16,22,25-26,34H,4-5,12,15H2,(H2,29,30,32,35). The molecular weight excluding hydrogens is 462 g/mol. The smallest absolute Gasteiger partial charge is 0.229 e. The molecule has 8 heteroatoms. The number of nitrogens with zero attached hydrogens (tertiary/aromatic N) is 3. The van der Waals surface area contributed by atoms with E-state index >= 15 is 0 Å². The van der Waals surface area contributed by atoms with Crippen LogP contribution in [-0.4, -0.2) is 32.0 Å². The second-order valence-corrected chi connectivity index (χ2v) is 9.90. The largest absolute Gasteiger partial charge is 0.396 e. The third kappa shape index (κ3) is 4.61. The Kier molecular flexibility index (Phi) is 5.66. The van der Waals surface area contributed by atoms with E-state index in [1.807, 2.05) is 30.3 Å². The van der Waals surface area contributed by atoms with Crippen molar-refractivity contribution in [1.82, 2.24) is 14.4 Å². The molecule has 3 atom stereocenters. The first-order valence-electron chi connectivity index (χ1n) is 11.9. The molecule has 3 aromatic heterocycles. The molecule has 4 aromatic rings. The van der Waals surface area contributed by atoms with Crippen molar-refractivity contribution in [3.05, 3.63) is 89.0 Å². The fourth-order valence-corrected chi connectivity index (χ4v) is 5.14. The Balaban J connectivity index is 1.10. The van der Waals surface area contributed by atoms with Gasteiger partial charge in [0.25, 0.3) is 0 Å². The summed E-state index contributed by atoms with van der Waals surface area (Å²) in [5, 5.41) is 16.7. The molecule has 0 saturated heterocycles. The molecule has 0 bridgehead atoms. The van der Waals surface area contributed by atoms with E-state index in [2.05, 4.69) is 44.5 Å². The Morgan fingerprint density at radius 3 is 2.80 bits per heavy atom. The van der Waals surface area contributed by atoms with Gasteiger partial charge in [-0.05, 0) is 54.2 Å². The van der Waals surface area contributed by atoms with Crippen molar-refractivity contribution < 1.29 is 9.90 Å². The number of hydrogen-bond donors (Lipinski definition) is 3. The normalized spacial score (nSPS) is 21.1. The molecule has 0 radical (unpaired) electrons. The SMILES string of the molecule is O=C(Nc1cc(NCc2cn3cc(C4CC4)ccc3n2)ccn1)C1C(CO)C1c1cccc(Cl)c1. The fraction of sp³-hybridized carbons (Fsp3) is 0.296. The van der Waals surface area contributed by atoms with Gasteiger partial charge in [-0.25, -0.2) is 9.97 Å². The summed E-state index contributed by atoms with van der Waals surface area (Å²) in [4.78, 5) is 21.9. The summed E-state index contributed by atoms with van der Waals surface area (Å²) < 4.78 is 2.09. The second kappa shape index (κ2) is 8.98. The molecule has 6 rings (SSSR count). The number of halogens is 1. The van der Waals surface area contributed by atoms with Crippen molar-refractivity contribution in [2.75, 3.05) is 17.2 Å². The van der Waals surface area contributed by atoms with Crippen LogP contribution in [0.25, 0.3) is 5.65 Å². The number of aliphatic hydroxyl groups is 1. The molecule has 2 aliphatic carbocycles. The number of carbonyl (C=O) groups excluding carboxylic acids is 1. The minimum Gasteiger partial charge on any atom is -0.396 e. The van der Waals surface area contributed by atoms with E-state index in [1.165, 1.54) is 18.4 Å². The van der Waals surface area contributed by atoms with Gasteiger partial charge in [0.05, 0.1) is 18.2 Å². The number of anilines is 2. The molecule has 0 spiro atoms. The minimum absolute atomic E-state index is 0.0458. The van der Waals surface area contributed by atoms with E-state index in [9.17, 15) is 9.90 Å². The molecule has 3 heterocycles. The summed E-state index contributed by atoms with van der Waals surface area (Å²) in [6.07, 6.45) is 8.44. The molecule has 7 nitrogen and oxygen atoms in total. The number of nitrogens with one attached hydrogen (secondary N) is 2. The van der Waals surface area contributed by atoms with Crippen LogP contribution in [0.15, 0.2) is 67.1 Å². The summed E-state index contributed by atoms with van der Waals surface area (Å²) in [5.74, 6) is 0.553. The molecule has 178 valence electrons. The van der Waals surface area contributed by atoms with Gasteiger partial charge in [0, 0.05) is 53.8 Å². The predicted octanol–water partition coefficient (Wildman–Crippen LogP) is 4.83. The van der Waals surface area contributed by atoms with Crippen LogP contribution in [0.5, 0.6) is 0 Å². The summed E-state index contributed by atoms with van der Waals surface area (Å²) in [7, 11) is 0. The van der Waals surface area contributed by atoms with E-state index in [4.69, 9.17) is 16.6 Å². The van der Waals surface area contributed by atoms with Gasteiger partial charge < -0.3 is 20.1 Å². The van der Waals surface area contributed by atoms with E-state index in [0.29, 0.717) is 23.3 Å². The lowest BCUT2D eigenvalue weighted by atomic mass is 10.1. The molecule has 2 aliphatic rings. The molecule has 3 N–H and O–H groups in total. The highest BCUT2D eigenvalue weighted by atomic mass is 35.5. The average Bonchev–Trinajstić information content (AvgIpc) is 3.78. The van der Waals surface area contributed by atoms with E-state index < -0.39 is 0 Å². The number of fused-ring (bicyclic) bond motifs is 1. The van der Waals surface area contributed by atoms with Gasteiger partial charge in [-0.3, -0.25) is 4.79 Å². The Bertz CT molecular complexity index is 1400. The van der Waals surface area contributed by atoms with Gasteiger partial charge in [0.2, 0.25) is 5.91 Å². The van der Waals surface area contributed by atoms with E-state index in [0.717, 1.165) is 22.6 Å². The molecule has 3 unspecified atom stereocenters. The number of benzene rings is 1. The Morgan fingerprint density at radius 2 is 2.00 bits per heavy atom. The van der Waals surface area contributed by atoms with Crippen LogP contribution in [0.3, 0.4) is 0 Å². The summed E-state index contributed by atoms with van der Waals surface area (Å²) in [6.45, 7) is 0.509. The number of aliphatic hydroxyl groups excluding tert-OH is 1. The van der Waals surface area contributed by atoms with Crippen LogP contribution in [0.1, 0.15) is 41.5 Å². The maximum Gasteiger partial charge on any atom is 0.229 e. The number of carbonyl (C=O) groups is 1. The summed E-state index contributed by atoms with van der Waals surface area (Å²) in [5.41, 5.74) is 5.06. The number of amides is 1. The van der Waals surface area contributed by atoms with Crippen molar-refractivity contribution in [3.63, 3.8) is 0 Å². The highest BCUT2D eigenvalue weighted by molar-refractivity contribution is 6.30. The lowest BCUT2D eigenvalue weighted by Crippen LogP contribution is -2.17. The van der Waals surface area contributed by atoms with Crippen molar-refractivity contribution in [1.29, 1.82) is 0 Å². The molecule has 1 aromatic carbocycles. The third-order valence-electron chi connectivity index (χ3n) is 6.97. The highest BCUT2D eigenvalue weighted by Gasteiger charge is 2.55. The summed E-state index contributed by atoms with van der Waals surface area (Å²) in [6, 6.07) is 15.4. The van der Waals surface area contributed by atoms with Crippen molar-refractivity contribution in [3.8, 4) is 0 Å². The molecule has 35 heavy (non-hydrogen) atoms. The number of pyridine rings is 2. The topological polar surface area (TPSA) is 91.6 Å². The zero-order valence-corrected chi connectivity index (χ0v) is 19.8. The van der Waals surface area contributed by atoms with Gasteiger partial charge in [-0.1, -0.05) is 29.8 Å². The highest BCUT2D eigenvalue weighted by Crippen LogP contribution is 2.54. The van der Waals surface area contributed by atoms with E-state index in [-0.39, 0.29) is 30.3 Å². The predicted molar refractivity (Wildman–Crippen MR) is 136 cm³/mol. The Hall–Kier alpha value is -3.42.